The third-order valence-electron chi connectivity index (χ3n) is 5.69. The molecule has 0 spiro atoms. The summed E-state index contributed by atoms with van der Waals surface area (Å²) in [5, 5.41) is 14.9. The summed E-state index contributed by atoms with van der Waals surface area (Å²) in [6.45, 7) is -0.542. The largest absolute Gasteiger partial charge is 0.394 e. The number of hydrogen-bond acceptors (Lipinski definition) is 5. The van der Waals surface area contributed by atoms with Gasteiger partial charge in [-0.15, -0.1) is 0 Å². The molecular formula is C23H22N2O5. The van der Waals surface area contributed by atoms with Crippen molar-refractivity contribution in [1.29, 1.82) is 0 Å². The van der Waals surface area contributed by atoms with Crippen molar-refractivity contribution >= 4 is 23.4 Å². The number of carbonyl (C=O) groups is 4. The van der Waals surface area contributed by atoms with E-state index < -0.39 is 24.5 Å². The maximum absolute atomic E-state index is 12.8. The third-order valence-corrected chi connectivity index (χ3v) is 5.69. The number of benzene rings is 2. The second kappa shape index (κ2) is 8.20. The summed E-state index contributed by atoms with van der Waals surface area (Å²) in [5.41, 5.74) is 1.18. The molecule has 154 valence electrons. The van der Waals surface area contributed by atoms with Gasteiger partial charge >= 0.3 is 0 Å². The minimum atomic E-state index is -1.09. The molecule has 1 fully saturated rings. The first-order valence-corrected chi connectivity index (χ1v) is 10.0. The highest BCUT2D eigenvalue weighted by Crippen LogP contribution is 2.28. The molecule has 3 N–H and O–H groups in total. The number of rotatable bonds is 5. The van der Waals surface area contributed by atoms with Gasteiger partial charge in [0.15, 0.2) is 11.6 Å². The predicted octanol–water partition coefficient (Wildman–Crippen LogP) is 1.61. The third kappa shape index (κ3) is 3.64. The monoisotopic (exact) mass is 406 g/mol. The minimum Gasteiger partial charge on any atom is -0.394 e. The van der Waals surface area contributed by atoms with E-state index in [2.05, 4.69) is 10.6 Å². The molecule has 1 atom stereocenters. The standard InChI is InChI=1S/C23H22N2O5/c26-12-19(23(30)24-14-5-1-2-6-14)25-22(29)13-9-10-17-18(11-13)21(28)16-8-4-3-7-15(16)20(17)27/h3-4,7-11,14,19,26H,1-2,5-6,12H2,(H,24,30)(H,25,29)/t19-/m0/s1. The first kappa shape index (κ1) is 20.0. The van der Waals surface area contributed by atoms with Crippen molar-refractivity contribution < 1.29 is 24.3 Å². The molecule has 0 heterocycles. The Hall–Kier alpha value is -3.32. The first-order valence-electron chi connectivity index (χ1n) is 10.0. The van der Waals surface area contributed by atoms with Gasteiger partial charge in [-0.2, -0.15) is 0 Å². The molecule has 0 bridgehead atoms. The number of nitrogens with one attached hydrogen (secondary N) is 2. The summed E-state index contributed by atoms with van der Waals surface area (Å²) >= 11 is 0. The quantitative estimate of drug-likeness (QED) is 0.596. The Morgan fingerprint density at radius 1 is 0.933 bits per heavy atom. The Labute approximate surface area is 173 Å². The van der Waals surface area contributed by atoms with Gasteiger partial charge in [-0.1, -0.05) is 37.1 Å². The van der Waals surface area contributed by atoms with Crippen molar-refractivity contribution in [2.24, 2.45) is 0 Å². The fourth-order valence-corrected chi connectivity index (χ4v) is 4.05. The van der Waals surface area contributed by atoms with Gasteiger partial charge in [0, 0.05) is 33.9 Å². The van der Waals surface area contributed by atoms with E-state index in [4.69, 9.17) is 0 Å². The maximum Gasteiger partial charge on any atom is 0.252 e. The Kier molecular flexibility index (Phi) is 5.46. The van der Waals surface area contributed by atoms with Gasteiger partial charge < -0.3 is 15.7 Å². The second-order valence-electron chi connectivity index (χ2n) is 7.66. The molecule has 7 heteroatoms. The minimum absolute atomic E-state index is 0.0656. The molecule has 2 aliphatic carbocycles. The van der Waals surface area contributed by atoms with Crippen LogP contribution in [0.4, 0.5) is 0 Å². The molecular weight excluding hydrogens is 384 g/mol. The molecule has 0 aliphatic heterocycles. The van der Waals surface area contributed by atoms with Crippen LogP contribution in [0.15, 0.2) is 42.5 Å². The Balaban J connectivity index is 1.53. The average molecular weight is 406 g/mol. The summed E-state index contributed by atoms with van der Waals surface area (Å²) < 4.78 is 0. The van der Waals surface area contributed by atoms with E-state index >= 15 is 0 Å². The highest BCUT2D eigenvalue weighted by molar-refractivity contribution is 6.28. The Morgan fingerprint density at radius 3 is 2.17 bits per heavy atom. The predicted molar refractivity (Wildman–Crippen MR) is 108 cm³/mol. The van der Waals surface area contributed by atoms with Crippen molar-refractivity contribution in [2.75, 3.05) is 6.61 Å². The van der Waals surface area contributed by atoms with E-state index in [1.54, 1.807) is 24.3 Å². The first-order chi connectivity index (χ1) is 14.5. The maximum atomic E-state index is 12.8. The zero-order valence-corrected chi connectivity index (χ0v) is 16.3. The molecule has 2 amide bonds. The lowest BCUT2D eigenvalue weighted by molar-refractivity contribution is -0.124. The van der Waals surface area contributed by atoms with Crippen LogP contribution >= 0.6 is 0 Å². The van der Waals surface area contributed by atoms with Crippen molar-refractivity contribution in [3.05, 3.63) is 70.3 Å². The summed E-state index contributed by atoms with van der Waals surface area (Å²) in [7, 11) is 0. The summed E-state index contributed by atoms with van der Waals surface area (Å²) in [6.07, 6.45) is 3.87. The summed E-state index contributed by atoms with van der Waals surface area (Å²) in [6, 6.07) is 9.80. The van der Waals surface area contributed by atoms with Crippen molar-refractivity contribution in [3.8, 4) is 0 Å². The lowest BCUT2D eigenvalue weighted by Crippen LogP contribution is -2.51. The van der Waals surface area contributed by atoms with Gasteiger partial charge in [0.1, 0.15) is 6.04 Å². The summed E-state index contributed by atoms with van der Waals surface area (Å²) in [4.78, 5) is 50.5. The molecule has 30 heavy (non-hydrogen) atoms. The Morgan fingerprint density at radius 2 is 1.53 bits per heavy atom. The number of ketones is 2. The zero-order chi connectivity index (χ0) is 21.3. The molecule has 0 radical (unpaired) electrons. The van der Waals surface area contributed by atoms with E-state index in [0.717, 1.165) is 25.7 Å². The number of aliphatic hydroxyl groups is 1. The summed E-state index contributed by atoms with van der Waals surface area (Å²) in [5.74, 6) is -1.63. The number of fused-ring (bicyclic) bond motifs is 2. The SMILES string of the molecule is O=C(N[C@@H](CO)C(=O)NC1CCCC1)c1ccc2c(c1)C(=O)c1ccccc1C2=O. The molecule has 2 aromatic rings. The van der Waals surface area contributed by atoms with Crippen LogP contribution in [0, 0.1) is 0 Å². The molecule has 0 unspecified atom stereocenters. The van der Waals surface area contributed by atoms with Gasteiger partial charge in [0.25, 0.3) is 5.91 Å². The van der Waals surface area contributed by atoms with E-state index in [9.17, 15) is 24.3 Å². The second-order valence-corrected chi connectivity index (χ2v) is 7.66. The Bertz CT molecular complexity index is 1040. The molecule has 0 saturated heterocycles. The van der Waals surface area contributed by atoms with Crippen molar-refractivity contribution in [3.63, 3.8) is 0 Å². The van der Waals surface area contributed by atoms with Crippen LogP contribution in [0.3, 0.4) is 0 Å². The van der Waals surface area contributed by atoms with E-state index in [0.29, 0.717) is 11.1 Å². The zero-order valence-electron chi connectivity index (χ0n) is 16.3. The number of aliphatic hydroxyl groups excluding tert-OH is 1. The average Bonchev–Trinajstić information content (AvgIpc) is 3.28. The van der Waals surface area contributed by atoms with Crippen LogP contribution in [0.25, 0.3) is 0 Å². The molecule has 2 aliphatic rings. The highest BCUT2D eigenvalue weighted by atomic mass is 16.3. The van der Waals surface area contributed by atoms with Gasteiger partial charge in [0.2, 0.25) is 5.91 Å². The molecule has 2 aromatic carbocycles. The van der Waals surface area contributed by atoms with Gasteiger partial charge in [-0.25, -0.2) is 0 Å². The lowest BCUT2D eigenvalue weighted by atomic mass is 9.83. The van der Waals surface area contributed by atoms with Gasteiger partial charge in [-0.05, 0) is 31.0 Å². The van der Waals surface area contributed by atoms with Crippen LogP contribution in [0.1, 0.15) is 67.9 Å². The fraction of sp³-hybridized carbons (Fsp3) is 0.304. The van der Waals surface area contributed by atoms with E-state index in [1.165, 1.54) is 18.2 Å². The molecule has 0 aromatic heterocycles. The molecule has 1 saturated carbocycles. The van der Waals surface area contributed by atoms with Crippen LogP contribution < -0.4 is 10.6 Å². The van der Waals surface area contributed by atoms with Crippen LogP contribution in [-0.2, 0) is 4.79 Å². The lowest BCUT2D eigenvalue weighted by Gasteiger charge is -2.20. The smallest absolute Gasteiger partial charge is 0.252 e. The van der Waals surface area contributed by atoms with E-state index in [1.807, 2.05) is 0 Å². The number of amides is 2. The van der Waals surface area contributed by atoms with Gasteiger partial charge in [0.05, 0.1) is 6.61 Å². The van der Waals surface area contributed by atoms with Crippen molar-refractivity contribution in [1.82, 2.24) is 10.6 Å². The highest BCUT2D eigenvalue weighted by Gasteiger charge is 2.30. The van der Waals surface area contributed by atoms with Crippen molar-refractivity contribution in [2.45, 2.75) is 37.8 Å². The molecule has 4 rings (SSSR count). The van der Waals surface area contributed by atoms with E-state index in [-0.39, 0.29) is 34.3 Å². The fourth-order valence-electron chi connectivity index (χ4n) is 4.05. The number of carbonyl (C=O) groups excluding carboxylic acids is 4. The topological polar surface area (TPSA) is 113 Å². The normalized spacial score (nSPS) is 16.6. The van der Waals surface area contributed by atoms with Crippen LogP contribution in [-0.4, -0.2) is 47.2 Å². The van der Waals surface area contributed by atoms with Crippen LogP contribution in [0.5, 0.6) is 0 Å². The molecule has 7 nitrogen and oxygen atoms in total. The number of hydrogen-bond donors (Lipinski definition) is 3. The van der Waals surface area contributed by atoms with Gasteiger partial charge in [-0.3, -0.25) is 19.2 Å². The van der Waals surface area contributed by atoms with Crippen LogP contribution in [0.2, 0.25) is 0 Å².